The first-order valence-electron chi connectivity index (χ1n) is 4.56. The first kappa shape index (κ1) is 9.43. The van der Waals surface area contributed by atoms with Gasteiger partial charge in [-0.1, -0.05) is 18.2 Å². The van der Waals surface area contributed by atoms with E-state index in [1.54, 1.807) is 0 Å². The fourth-order valence-electron chi connectivity index (χ4n) is 1.63. The number of rotatable bonds is 1. The Balaban J connectivity index is 2.18. The maximum atomic E-state index is 3.51. The van der Waals surface area contributed by atoms with E-state index in [0.717, 1.165) is 19.6 Å². The van der Waals surface area contributed by atoms with Crippen molar-refractivity contribution in [1.82, 2.24) is 10.6 Å². The van der Waals surface area contributed by atoms with Crippen LogP contribution in [0, 0.1) is 3.57 Å². The van der Waals surface area contributed by atoms with E-state index in [1.807, 2.05) is 0 Å². The van der Waals surface area contributed by atoms with Gasteiger partial charge in [0.15, 0.2) is 0 Å². The van der Waals surface area contributed by atoms with Gasteiger partial charge in [-0.25, -0.2) is 0 Å². The van der Waals surface area contributed by atoms with E-state index in [-0.39, 0.29) is 0 Å². The maximum Gasteiger partial charge on any atom is 0.0457 e. The molecule has 1 aliphatic heterocycles. The molecule has 1 aromatic rings. The van der Waals surface area contributed by atoms with Crippen molar-refractivity contribution in [2.24, 2.45) is 0 Å². The third-order valence-corrected chi connectivity index (χ3v) is 3.30. The molecule has 0 saturated carbocycles. The standard InChI is InChI=1S/C10H13IN2/c11-9-4-2-1-3-8(9)10-7-12-5-6-13-10/h1-4,10,12-13H,5-7H2/t10-/m0/s1. The predicted molar refractivity (Wildman–Crippen MR) is 62.8 cm³/mol. The Labute approximate surface area is 92.2 Å². The summed E-state index contributed by atoms with van der Waals surface area (Å²) in [6, 6.07) is 9.04. The molecule has 0 amide bonds. The molecular weight excluding hydrogens is 275 g/mol. The second kappa shape index (κ2) is 4.39. The van der Waals surface area contributed by atoms with Crippen molar-refractivity contribution in [2.45, 2.75) is 6.04 Å². The van der Waals surface area contributed by atoms with Crippen LogP contribution in [0.3, 0.4) is 0 Å². The Morgan fingerprint density at radius 2 is 2.08 bits per heavy atom. The molecule has 13 heavy (non-hydrogen) atoms. The minimum absolute atomic E-state index is 0.488. The normalized spacial score (nSPS) is 23.0. The summed E-state index contributed by atoms with van der Waals surface area (Å²) in [6.07, 6.45) is 0. The van der Waals surface area contributed by atoms with Gasteiger partial charge in [0.2, 0.25) is 0 Å². The smallest absolute Gasteiger partial charge is 0.0457 e. The van der Waals surface area contributed by atoms with Crippen molar-refractivity contribution in [3.63, 3.8) is 0 Å². The molecule has 0 unspecified atom stereocenters. The highest BCUT2D eigenvalue weighted by Gasteiger charge is 2.15. The fraction of sp³-hybridized carbons (Fsp3) is 0.400. The van der Waals surface area contributed by atoms with Gasteiger partial charge in [0.25, 0.3) is 0 Å². The molecule has 2 nitrogen and oxygen atoms in total. The second-order valence-electron chi connectivity index (χ2n) is 3.23. The topological polar surface area (TPSA) is 24.1 Å². The quantitative estimate of drug-likeness (QED) is 0.766. The van der Waals surface area contributed by atoms with E-state index in [0.29, 0.717) is 6.04 Å². The summed E-state index contributed by atoms with van der Waals surface area (Å²) in [5.74, 6) is 0. The lowest BCUT2D eigenvalue weighted by molar-refractivity contribution is 0.429. The van der Waals surface area contributed by atoms with Crippen LogP contribution in [0.4, 0.5) is 0 Å². The summed E-state index contributed by atoms with van der Waals surface area (Å²) in [6.45, 7) is 3.19. The zero-order valence-corrected chi connectivity index (χ0v) is 9.54. The van der Waals surface area contributed by atoms with Gasteiger partial charge in [-0.3, -0.25) is 0 Å². The summed E-state index contributed by atoms with van der Waals surface area (Å²) in [7, 11) is 0. The number of piperazine rings is 1. The van der Waals surface area contributed by atoms with Crippen LogP contribution in [0.1, 0.15) is 11.6 Å². The molecular formula is C10H13IN2. The molecule has 0 spiro atoms. The summed E-state index contributed by atoms with van der Waals surface area (Å²) < 4.78 is 1.35. The summed E-state index contributed by atoms with van der Waals surface area (Å²) in [4.78, 5) is 0. The molecule has 3 heteroatoms. The van der Waals surface area contributed by atoms with Crippen LogP contribution in [0.5, 0.6) is 0 Å². The summed E-state index contributed by atoms with van der Waals surface area (Å²) >= 11 is 2.39. The molecule has 1 heterocycles. The molecule has 0 bridgehead atoms. The van der Waals surface area contributed by atoms with Gasteiger partial charge in [0, 0.05) is 29.2 Å². The maximum absolute atomic E-state index is 3.51. The average molecular weight is 288 g/mol. The largest absolute Gasteiger partial charge is 0.314 e. The minimum atomic E-state index is 0.488. The van der Waals surface area contributed by atoms with Crippen LogP contribution in [0.15, 0.2) is 24.3 Å². The molecule has 1 atom stereocenters. The van der Waals surface area contributed by atoms with Gasteiger partial charge < -0.3 is 10.6 Å². The second-order valence-corrected chi connectivity index (χ2v) is 4.39. The van der Waals surface area contributed by atoms with E-state index in [1.165, 1.54) is 9.13 Å². The van der Waals surface area contributed by atoms with Gasteiger partial charge in [-0.05, 0) is 34.2 Å². The lowest BCUT2D eigenvalue weighted by Gasteiger charge is -2.25. The first-order valence-corrected chi connectivity index (χ1v) is 5.64. The predicted octanol–water partition coefficient (Wildman–Crippen LogP) is 1.53. The van der Waals surface area contributed by atoms with Crippen LogP contribution in [0.25, 0.3) is 0 Å². The molecule has 70 valence electrons. The van der Waals surface area contributed by atoms with Gasteiger partial charge >= 0.3 is 0 Å². The van der Waals surface area contributed by atoms with E-state index in [4.69, 9.17) is 0 Å². The molecule has 0 radical (unpaired) electrons. The van der Waals surface area contributed by atoms with Crippen LogP contribution in [-0.2, 0) is 0 Å². The monoisotopic (exact) mass is 288 g/mol. The van der Waals surface area contributed by atoms with Gasteiger partial charge in [-0.2, -0.15) is 0 Å². The van der Waals surface area contributed by atoms with Crippen molar-refractivity contribution in [2.75, 3.05) is 19.6 Å². The van der Waals surface area contributed by atoms with Crippen LogP contribution < -0.4 is 10.6 Å². The molecule has 0 aliphatic carbocycles. The lowest BCUT2D eigenvalue weighted by atomic mass is 10.1. The van der Waals surface area contributed by atoms with Crippen molar-refractivity contribution >= 4 is 22.6 Å². The first-order chi connectivity index (χ1) is 6.38. The fourth-order valence-corrected chi connectivity index (χ4v) is 2.39. The zero-order chi connectivity index (χ0) is 9.10. The Morgan fingerprint density at radius 1 is 1.23 bits per heavy atom. The number of nitrogens with one attached hydrogen (secondary N) is 2. The van der Waals surface area contributed by atoms with Crippen molar-refractivity contribution in [1.29, 1.82) is 0 Å². The highest BCUT2D eigenvalue weighted by Crippen LogP contribution is 2.19. The van der Waals surface area contributed by atoms with Crippen molar-refractivity contribution in [3.8, 4) is 0 Å². The molecule has 0 aromatic heterocycles. The molecule has 1 aliphatic rings. The van der Waals surface area contributed by atoms with Crippen molar-refractivity contribution < 1.29 is 0 Å². The van der Waals surface area contributed by atoms with Gasteiger partial charge in [0.1, 0.15) is 0 Å². The number of hydrogen-bond donors (Lipinski definition) is 2. The third kappa shape index (κ3) is 2.21. The van der Waals surface area contributed by atoms with Crippen LogP contribution in [-0.4, -0.2) is 19.6 Å². The minimum Gasteiger partial charge on any atom is -0.314 e. The highest BCUT2D eigenvalue weighted by molar-refractivity contribution is 14.1. The highest BCUT2D eigenvalue weighted by atomic mass is 127. The Hall–Kier alpha value is -0.130. The summed E-state index contributed by atoms with van der Waals surface area (Å²) in [5, 5.41) is 6.90. The Bertz CT molecular complexity index is 282. The van der Waals surface area contributed by atoms with Gasteiger partial charge in [0.05, 0.1) is 0 Å². The van der Waals surface area contributed by atoms with E-state index >= 15 is 0 Å². The lowest BCUT2D eigenvalue weighted by Crippen LogP contribution is -2.42. The van der Waals surface area contributed by atoms with E-state index < -0.39 is 0 Å². The molecule has 1 aromatic carbocycles. The average Bonchev–Trinajstić information content (AvgIpc) is 2.20. The number of benzene rings is 1. The Kier molecular flexibility index (Phi) is 3.18. The van der Waals surface area contributed by atoms with E-state index in [2.05, 4.69) is 57.5 Å². The number of hydrogen-bond acceptors (Lipinski definition) is 2. The number of halogens is 1. The molecule has 2 N–H and O–H groups in total. The SMILES string of the molecule is Ic1ccccc1[C@@H]1CNCCN1. The van der Waals surface area contributed by atoms with Gasteiger partial charge in [-0.15, -0.1) is 0 Å². The van der Waals surface area contributed by atoms with Crippen LogP contribution >= 0.6 is 22.6 Å². The molecule has 1 saturated heterocycles. The molecule has 1 fully saturated rings. The molecule has 2 rings (SSSR count). The summed E-state index contributed by atoms with van der Waals surface area (Å²) in [5.41, 5.74) is 1.41. The van der Waals surface area contributed by atoms with Crippen molar-refractivity contribution in [3.05, 3.63) is 33.4 Å². The Morgan fingerprint density at radius 3 is 2.77 bits per heavy atom. The third-order valence-electron chi connectivity index (χ3n) is 2.32. The van der Waals surface area contributed by atoms with E-state index in [9.17, 15) is 0 Å². The zero-order valence-electron chi connectivity index (χ0n) is 7.39. The van der Waals surface area contributed by atoms with Crippen LogP contribution in [0.2, 0.25) is 0 Å².